The van der Waals surface area contributed by atoms with Gasteiger partial charge in [0, 0.05) is 11.5 Å². The fourth-order valence-electron chi connectivity index (χ4n) is 2.55. The molecule has 0 amide bonds. The smallest absolute Gasteiger partial charge is 0.338 e. The molecule has 0 fully saturated rings. The van der Waals surface area contributed by atoms with Crippen LogP contribution in [0.25, 0.3) is 0 Å². The van der Waals surface area contributed by atoms with Crippen LogP contribution in [0.5, 0.6) is 0 Å². The van der Waals surface area contributed by atoms with Crippen molar-refractivity contribution in [2.75, 3.05) is 0 Å². The number of ketones is 1. The van der Waals surface area contributed by atoms with Gasteiger partial charge >= 0.3 is 5.97 Å². The number of hydrogen-bond donors (Lipinski definition) is 0. The van der Waals surface area contributed by atoms with Gasteiger partial charge in [0.25, 0.3) is 0 Å². The Hall–Kier alpha value is -2.42. The van der Waals surface area contributed by atoms with Crippen molar-refractivity contribution in [3.05, 3.63) is 71.3 Å². The summed E-state index contributed by atoms with van der Waals surface area (Å²) in [5.41, 5.74) is 1.92. The third-order valence-electron chi connectivity index (χ3n) is 3.96. The number of Topliss-reactive ketones (excluding diaryl/α,β-unsaturated/α-hetero) is 1. The van der Waals surface area contributed by atoms with Gasteiger partial charge in [-0.2, -0.15) is 0 Å². The Morgan fingerprint density at radius 2 is 1.52 bits per heavy atom. The van der Waals surface area contributed by atoms with Crippen LogP contribution in [0, 0.1) is 5.92 Å². The quantitative estimate of drug-likeness (QED) is 0.544. The van der Waals surface area contributed by atoms with Crippen LogP contribution in [-0.4, -0.2) is 17.4 Å². The molecule has 0 saturated carbocycles. The fraction of sp³-hybridized carbons (Fsp3) is 0.364. The van der Waals surface area contributed by atoms with Crippen molar-refractivity contribution in [1.29, 1.82) is 0 Å². The first kappa shape index (κ1) is 18.9. The van der Waals surface area contributed by atoms with Crippen LogP contribution in [0.1, 0.15) is 60.4 Å². The highest BCUT2D eigenvalue weighted by Gasteiger charge is 2.18. The molecule has 2 rings (SSSR count). The second-order valence-electron chi connectivity index (χ2n) is 7.37. The van der Waals surface area contributed by atoms with Crippen molar-refractivity contribution < 1.29 is 14.3 Å². The fourth-order valence-corrected chi connectivity index (χ4v) is 2.55. The van der Waals surface area contributed by atoms with Crippen LogP contribution >= 0.6 is 0 Å². The summed E-state index contributed by atoms with van der Waals surface area (Å²) in [7, 11) is 0. The molecule has 25 heavy (non-hydrogen) atoms. The maximum atomic E-state index is 12.4. The van der Waals surface area contributed by atoms with Gasteiger partial charge in [0.05, 0.1) is 5.56 Å². The van der Waals surface area contributed by atoms with E-state index in [9.17, 15) is 9.59 Å². The molecule has 0 spiro atoms. The van der Waals surface area contributed by atoms with E-state index >= 15 is 0 Å². The van der Waals surface area contributed by atoms with Gasteiger partial charge in [-0.25, -0.2) is 4.79 Å². The topological polar surface area (TPSA) is 43.4 Å². The van der Waals surface area contributed by atoms with Gasteiger partial charge in [-0.15, -0.1) is 0 Å². The molecule has 0 aliphatic rings. The van der Waals surface area contributed by atoms with Crippen LogP contribution in [0.4, 0.5) is 0 Å². The van der Waals surface area contributed by atoms with Gasteiger partial charge in [-0.1, -0.05) is 49.4 Å². The molecule has 0 radical (unpaired) electrons. The molecular weight excluding hydrogens is 312 g/mol. The second kappa shape index (κ2) is 8.11. The summed E-state index contributed by atoms with van der Waals surface area (Å²) < 4.78 is 5.36. The lowest BCUT2D eigenvalue weighted by atomic mass is 9.93. The maximum Gasteiger partial charge on any atom is 0.338 e. The molecule has 0 bridgehead atoms. The molecule has 1 unspecified atom stereocenters. The Morgan fingerprint density at radius 3 is 2.08 bits per heavy atom. The van der Waals surface area contributed by atoms with Crippen molar-refractivity contribution in [3.8, 4) is 0 Å². The Balaban J connectivity index is 1.91. The second-order valence-corrected chi connectivity index (χ2v) is 7.37. The molecule has 2 aromatic rings. The molecule has 3 nitrogen and oxygen atoms in total. The molecule has 0 heterocycles. The first-order chi connectivity index (χ1) is 11.8. The Bertz CT molecular complexity index is 709. The number of carbonyl (C=O) groups excluding carboxylic acids is 2. The monoisotopic (exact) mass is 338 g/mol. The molecule has 3 heteroatoms. The van der Waals surface area contributed by atoms with E-state index in [1.165, 1.54) is 0 Å². The lowest BCUT2D eigenvalue weighted by Crippen LogP contribution is -2.23. The summed E-state index contributed by atoms with van der Waals surface area (Å²) in [6.45, 7) is 7.52. The average molecular weight is 338 g/mol. The lowest BCUT2D eigenvalue weighted by Gasteiger charge is -2.19. The largest absolute Gasteiger partial charge is 0.456 e. The van der Waals surface area contributed by atoms with Crippen LogP contribution in [0.3, 0.4) is 0 Å². The van der Waals surface area contributed by atoms with Crippen molar-refractivity contribution in [1.82, 2.24) is 0 Å². The minimum absolute atomic E-state index is 0.0343. The summed E-state index contributed by atoms with van der Waals surface area (Å²) in [5, 5.41) is 0. The van der Waals surface area contributed by atoms with Crippen molar-refractivity contribution >= 4 is 11.8 Å². The number of ether oxygens (including phenoxy) is 1. The van der Waals surface area contributed by atoms with Crippen LogP contribution < -0.4 is 0 Å². The predicted octanol–water partition coefficient (Wildman–Crippen LogP) is 5.09. The van der Waals surface area contributed by atoms with Gasteiger partial charge in [-0.3, -0.25) is 4.79 Å². The van der Waals surface area contributed by atoms with Crippen LogP contribution in [-0.2, 0) is 11.2 Å². The predicted molar refractivity (Wildman–Crippen MR) is 99.9 cm³/mol. The number of carbonyl (C=O) groups is 2. The highest BCUT2D eigenvalue weighted by molar-refractivity contribution is 5.97. The molecule has 1 atom stereocenters. The summed E-state index contributed by atoms with van der Waals surface area (Å²) in [6, 6.07) is 16.8. The Kier molecular flexibility index (Phi) is 6.13. The molecule has 0 aliphatic carbocycles. The zero-order valence-corrected chi connectivity index (χ0v) is 15.4. The number of rotatable bonds is 6. The first-order valence-electron chi connectivity index (χ1n) is 8.68. The average Bonchev–Trinajstić information content (AvgIpc) is 2.58. The van der Waals surface area contributed by atoms with E-state index in [-0.39, 0.29) is 17.7 Å². The number of hydrogen-bond acceptors (Lipinski definition) is 3. The molecule has 0 saturated heterocycles. The highest BCUT2D eigenvalue weighted by Crippen LogP contribution is 2.17. The zero-order chi connectivity index (χ0) is 18.4. The van der Waals surface area contributed by atoms with Gasteiger partial charge in [0.2, 0.25) is 0 Å². The molecular formula is C22H26O3. The zero-order valence-electron chi connectivity index (χ0n) is 15.4. The molecule has 0 aliphatic heterocycles. The van der Waals surface area contributed by atoms with Crippen molar-refractivity contribution in [3.63, 3.8) is 0 Å². The maximum absolute atomic E-state index is 12.4. The highest BCUT2D eigenvalue weighted by atomic mass is 16.6. The van der Waals surface area contributed by atoms with E-state index in [0.29, 0.717) is 5.56 Å². The van der Waals surface area contributed by atoms with Crippen LogP contribution in [0.15, 0.2) is 54.6 Å². The van der Waals surface area contributed by atoms with E-state index < -0.39 is 5.60 Å². The summed E-state index contributed by atoms with van der Waals surface area (Å²) in [4.78, 5) is 24.4. The normalized spacial score (nSPS) is 12.5. The third kappa shape index (κ3) is 5.86. The van der Waals surface area contributed by atoms with Gasteiger partial charge < -0.3 is 4.74 Å². The SMILES string of the molecule is CC(CCc1ccc(C(=O)OC(C)(C)C)cc1)C(=O)c1ccccc1. The lowest BCUT2D eigenvalue weighted by molar-refractivity contribution is 0.00694. The van der Waals surface area contributed by atoms with Gasteiger partial charge in [0.15, 0.2) is 5.78 Å². The van der Waals surface area contributed by atoms with Gasteiger partial charge in [0.1, 0.15) is 5.60 Å². The standard InChI is InChI=1S/C22H26O3/c1-16(20(23)18-8-6-5-7-9-18)10-11-17-12-14-19(15-13-17)21(24)25-22(2,3)4/h5-9,12-16H,10-11H2,1-4H3. The number of benzene rings is 2. The number of esters is 1. The summed E-state index contributed by atoms with van der Waals surface area (Å²) >= 11 is 0. The third-order valence-corrected chi connectivity index (χ3v) is 3.96. The first-order valence-corrected chi connectivity index (χ1v) is 8.68. The summed E-state index contributed by atoms with van der Waals surface area (Å²) in [6.07, 6.45) is 1.58. The molecule has 0 N–H and O–H groups in total. The van der Waals surface area contributed by atoms with Crippen molar-refractivity contribution in [2.45, 2.75) is 46.1 Å². The summed E-state index contributed by atoms with van der Waals surface area (Å²) in [5.74, 6) is -0.175. The van der Waals surface area contributed by atoms with E-state index in [2.05, 4.69) is 0 Å². The number of aryl methyl sites for hydroxylation is 1. The minimum Gasteiger partial charge on any atom is -0.456 e. The van der Waals surface area contributed by atoms with Gasteiger partial charge in [-0.05, 0) is 51.3 Å². The molecule has 2 aromatic carbocycles. The van der Waals surface area contributed by atoms with E-state index in [1.807, 2.05) is 70.2 Å². The Labute approximate surface area is 150 Å². The van der Waals surface area contributed by atoms with E-state index in [1.54, 1.807) is 12.1 Å². The minimum atomic E-state index is -0.497. The Morgan fingerprint density at radius 1 is 0.920 bits per heavy atom. The van der Waals surface area contributed by atoms with Crippen molar-refractivity contribution in [2.24, 2.45) is 5.92 Å². The van der Waals surface area contributed by atoms with Crippen LogP contribution in [0.2, 0.25) is 0 Å². The molecule has 0 aromatic heterocycles. The van der Waals surface area contributed by atoms with E-state index in [0.717, 1.165) is 24.0 Å². The van der Waals surface area contributed by atoms with E-state index in [4.69, 9.17) is 4.74 Å². The molecule has 132 valence electrons.